The Hall–Kier alpha value is -2.49. The van der Waals surface area contributed by atoms with E-state index in [1.165, 1.54) is 35.2 Å². The predicted octanol–water partition coefficient (Wildman–Crippen LogP) is 5.46. The molecule has 1 N–H and O–H groups in total. The third-order valence-electron chi connectivity index (χ3n) is 3.90. The number of aromatic nitrogens is 3. The Kier molecular flexibility index (Phi) is 5.29. The Labute approximate surface area is 173 Å². The molecule has 4 aromatic rings. The number of carbonyl (C=O) groups is 1. The number of nitrogens with zero attached hydrogens (tertiary/aromatic N) is 3. The van der Waals surface area contributed by atoms with Crippen LogP contribution in [0.25, 0.3) is 9.88 Å². The van der Waals surface area contributed by atoms with Gasteiger partial charge in [-0.2, -0.15) is 0 Å². The van der Waals surface area contributed by atoms with Gasteiger partial charge < -0.3 is 9.88 Å². The molecule has 0 aliphatic heterocycles. The summed E-state index contributed by atoms with van der Waals surface area (Å²) < 4.78 is 15.7. The van der Waals surface area contributed by atoms with Crippen molar-refractivity contribution in [1.29, 1.82) is 0 Å². The van der Waals surface area contributed by atoms with Gasteiger partial charge in [0.25, 0.3) is 5.91 Å². The first-order valence-corrected chi connectivity index (χ1v) is 10.8. The predicted molar refractivity (Wildman–Crippen MR) is 112 cm³/mol. The second kappa shape index (κ2) is 7.86. The van der Waals surface area contributed by atoms with E-state index >= 15 is 0 Å². The van der Waals surface area contributed by atoms with Gasteiger partial charge in [0.15, 0.2) is 5.16 Å². The van der Waals surface area contributed by atoms with Crippen LogP contribution < -0.4 is 5.32 Å². The van der Waals surface area contributed by atoms with Crippen molar-refractivity contribution in [3.63, 3.8) is 0 Å². The highest BCUT2D eigenvalue weighted by molar-refractivity contribution is 7.99. The molecule has 28 heavy (non-hydrogen) atoms. The van der Waals surface area contributed by atoms with Gasteiger partial charge in [0.1, 0.15) is 15.7 Å². The molecular formula is C19H15FN4OS3. The molecule has 0 atom stereocenters. The van der Waals surface area contributed by atoms with Gasteiger partial charge in [-0.3, -0.25) is 4.79 Å². The fourth-order valence-electron chi connectivity index (χ4n) is 2.53. The van der Waals surface area contributed by atoms with E-state index in [4.69, 9.17) is 0 Å². The number of imidazole rings is 1. The minimum absolute atomic E-state index is 0.301. The second-order valence-corrected chi connectivity index (χ2v) is 8.88. The number of anilines is 1. The number of benzene rings is 1. The van der Waals surface area contributed by atoms with Crippen LogP contribution in [0.4, 0.5) is 10.1 Å². The summed E-state index contributed by atoms with van der Waals surface area (Å²) in [6.07, 6.45) is 3.52. The molecule has 0 aliphatic carbocycles. The molecule has 0 bridgehead atoms. The lowest BCUT2D eigenvalue weighted by molar-refractivity contribution is 0.102. The lowest BCUT2D eigenvalue weighted by Gasteiger charge is -2.10. The van der Waals surface area contributed by atoms with E-state index in [1.807, 2.05) is 35.3 Å². The molecule has 142 valence electrons. The summed E-state index contributed by atoms with van der Waals surface area (Å²) in [5.74, 6) is -0.718. The molecule has 0 spiro atoms. The van der Waals surface area contributed by atoms with E-state index in [0.29, 0.717) is 21.2 Å². The number of thiazole rings is 1. The van der Waals surface area contributed by atoms with Crippen molar-refractivity contribution in [3.8, 4) is 9.88 Å². The van der Waals surface area contributed by atoms with E-state index in [0.717, 1.165) is 15.0 Å². The van der Waals surface area contributed by atoms with Crippen LogP contribution in [0.15, 0.2) is 58.2 Å². The largest absolute Gasteiger partial charge is 0.329 e. The number of nitrogens with one attached hydrogen (secondary N) is 1. The molecule has 0 saturated carbocycles. The highest BCUT2D eigenvalue weighted by Gasteiger charge is 2.19. The van der Waals surface area contributed by atoms with Gasteiger partial charge in [-0.05, 0) is 48.3 Å². The zero-order valence-electron chi connectivity index (χ0n) is 15.0. The number of rotatable bonds is 5. The van der Waals surface area contributed by atoms with Gasteiger partial charge in [-0.15, -0.1) is 22.7 Å². The number of hydrogen-bond donors (Lipinski definition) is 1. The highest BCUT2D eigenvalue weighted by atomic mass is 32.2. The van der Waals surface area contributed by atoms with Crippen LogP contribution in [-0.2, 0) is 7.05 Å². The van der Waals surface area contributed by atoms with Gasteiger partial charge in [0, 0.05) is 24.3 Å². The Morgan fingerprint density at radius 1 is 1.32 bits per heavy atom. The quantitative estimate of drug-likeness (QED) is 0.457. The standard InChI is InChI=1S/C19H15FN4OS3/c1-11-16(28-18(22-11)15-4-3-9-26-15)17(25)23-13-10-12(20)5-6-14(13)27-19-21-7-8-24(19)2/h3-10H,1-2H3,(H,23,25). The van der Waals surface area contributed by atoms with Crippen molar-refractivity contribution in [2.45, 2.75) is 17.0 Å². The number of hydrogen-bond acceptors (Lipinski definition) is 6. The molecular weight excluding hydrogens is 415 g/mol. The third-order valence-corrected chi connectivity index (χ3v) is 7.25. The lowest BCUT2D eigenvalue weighted by Crippen LogP contribution is -2.12. The summed E-state index contributed by atoms with van der Waals surface area (Å²) in [5, 5.41) is 6.36. The average Bonchev–Trinajstić information content (AvgIpc) is 3.39. The Balaban J connectivity index is 1.61. The Morgan fingerprint density at radius 3 is 2.89 bits per heavy atom. The number of aryl methyl sites for hydroxylation is 2. The third kappa shape index (κ3) is 3.87. The van der Waals surface area contributed by atoms with Crippen molar-refractivity contribution >= 4 is 46.0 Å². The topological polar surface area (TPSA) is 59.8 Å². The van der Waals surface area contributed by atoms with E-state index in [9.17, 15) is 9.18 Å². The van der Waals surface area contributed by atoms with Gasteiger partial charge >= 0.3 is 0 Å². The maximum atomic E-state index is 13.8. The average molecular weight is 431 g/mol. The van der Waals surface area contributed by atoms with Crippen LogP contribution in [0.1, 0.15) is 15.4 Å². The SMILES string of the molecule is Cc1nc(-c2cccs2)sc1C(=O)Nc1cc(F)ccc1Sc1nccn1C. The second-order valence-electron chi connectivity index (χ2n) is 5.93. The molecule has 3 heterocycles. The number of halogens is 1. The summed E-state index contributed by atoms with van der Waals surface area (Å²) in [6.45, 7) is 1.80. The van der Waals surface area contributed by atoms with Crippen molar-refractivity contribution < 1.29 is 9.18 Å². The van der Waals surface area contributed by atoms with Crippen molar-refractivity contribution in [2.24, 2.45) is 7.05 Å². The van der Waals surface area contributed by atoms with Gasteiger partial charge in [0.2, 0.25) is 0 Å². The maximum absolute atomic E-state index is 13.8. The number of carbonyl (C=O) groups excluding carboxylic acids is 1. The van der Waals surface area contributed by atoms with Gasteiger partial charge in [-0.1, -0.05) is 6.07 Å². The summed E-state index contributed by atoms with van der Waals surface area (Å²) in [7, 11) is 1.88. The molecule has 4 rings (SSSR count). The molecule has 1 aromatic carbocycles. The van der Waals surface area contributed by atoms with Crippen LogP contribution in [0.2, 0.25) is 0 Å². The molecule has 3 aromatic heterocycles. The fraction of sp³-hybridized carbons (Fsp3) is 0.105. The minimum Gasteiger partial charge on any atom is -0.329 e. The summed E-state index contributed by atoms with van der Waals surface area (Å²) in [6, 6.07) is 8.25. The normalized spacial score (nSPS) is 11.0. The molecule has 0 aliphatic rings. The smallest absolute Gasteiger partial charge is 0.267 e. The molecule has 5 nitrogen and oxygen atoms in total. The number of amides is 1. The lowest BCUT2D eigenvalue weighted by atomic mass is 10.3. The van der Waals surface area contributed by atoms with Gasteiger partial charge in [0.05, 0.1) is 16.3 Å². The fourth-order valence-corrected chi connectivity index (χ4v) is 5.16. The van der Waals surface area contributed by atoms with Crippen LogP contribution in [-0.4, -0.2) is 20.4 Å². The monoisotopic (exact) mass is 430 g/mol. The van der Waals surface area contributed by atoms with Crippen LogP contribution >= 0.6 is 34.4 Å². The first-order valence-electron chi connectivity index (χ1n) is 8.28. The number of thiophene rings is 1. The van der Waals surface area contributed by atoms with Gasteiger partial charge in [-0.25, -0.2) is 14.4 Å². The molecule has 9 heteroatoms. The Bertz CT molecular complexity index is 1130. The zero-order chi connectivity index (χ0) is 19.7. The summed E-state index contributed by atoms with van der Waals surface area (Å²) >= 11 is 4.27. The Morgan fingerprint density at radius 2 is 2.18 bits per heavy atom. The van der Waals surface area contributed by atoms with Crippen LogP contribution in [0.5, 0.6) is 0 Å². The van der Waals surface area contributed by atoms with Crippen molar-refractivity contribution in [3.05, 3.63) is 64.5 Å². The van der Waals surface area contributed by atoms with Crippen molar-refractivity contribution in [1.82, 2.24) is 14.5 Å². The van der Waals surface area contributed by atoms with Crippen LogP contribution in [0.3, 0.4) is 0 Å². The molecule has 0 unspecified atom stereocenters. The van der Waals surface area contributed by atoms with Crippen molar-refractivity contribution in [2.75, 3.05) is 5.32 Å². The summed E-state index contributed by atoms with van der Waals surface area (Å²) in [5.41, 5.74) is 1.06. The van der Waals surface area contributed by atoms with E-state index in [-0.39, 0.29) is 5.91 Å². The molecule has 1 amide bonds. The zero-order valence-corrected chi connectivity index (χ0v) is 17.4. The first-order chi connectivity index (χ1) is 13.5. The van der Waals surface area contributed by atoms with E-state index in [2.05, 4.69) is 15.3 Å². The van der Waals surface area contributed by atoms with E-state index < -0.39 is 5.82 Å². The first kappa shape index (κ1) is 18.9. The minimum atomic E-state index is -0.417. The summed E-state index contributed by atoms with van der Waals surface area (Å²) in [4.78, 5) is 23.9. The molecule has 0 fully saturated rings. The highest BCUT2D eigenvalue weighted by Crippen LogP contribution is 2.35. The van der Waals surface area contributed by atoms with Crippen LogP contribution in [0, 0.1) is 12.7 Å². The maximum Gasteiger partial charge on any atom is 0.267 e. The molecule has 0 radical (unpaired) electrons. The van der Waals surface area contributed by atoms with E-state index in [1.54, 1.807) is 30.5 Å². The molecule has 0 saturated heterocycles.